The molecule has 0 saturated heterocycles. The normalized spacial score (nSPS) is 20.7. The fraction of sp³-hybridized carbons (Fsp3) is 0.400. The van der Waals surface area contributed by atoms with Gasteiger partial charge in [0.05, 0.1) is 5.56 Å². The van der Waals surface area contributed by atoms with Crippen molar-refractivity contribution in [1.29, 1.82) is 0 Å². The van der Waals surface area contributed by atoms with Gasteiger partial charge in [-0.05, 0) is 18.2 Å². The monoisotopic (exact) mass is 233 g/mol. The third kappa shape index (κ3) is 2.22. The molecule has 1 aliphatic rings. The molecule has 0 aromatic heterocycles. The molecular weight excluding hydrogens is 223 g/mol. The number of alkyl halides is 3. The third-order valence-electron chi connectivity index (χ3n) is 2.22. The third-order valence-corrected chi connectivity index (χ3v) is 3.39. The Kier molecular flexibility index (Phi) is 2.58. The molecule has 0 saturated carbocycles. The summed E-state index contributed by atoms with van der Waals surface area (Å²) in [7, 11) is 0. The maximum absolute atomic E-state index is 12.4. The molecule has 15 heavy (non-hydrogen) atoms. The topological polar surface area (TPSA) is 12.0 Å². The number of anilines is 1. The second-order valence-electron chi connectivity index (χ2n) is 3.52. The lowest BCUT2D eigenvalue weighted by Crippen LogP contribution is -2.19. The van der Waals surface area contributed by atoms with Crippen molar-refractivity contribution in [3.05, 3.63) is 23.8 Å². The SMILES string of the molecule is CC1CNc2cc(C(F)(F)F)ccc2S1. The fourth-order valence-corrected chi connectivity index (χ4v) is 2.46. The van der Waals surface area contributed by atoms with Gasteiger partial charge in [0.2, 0.25) is 0 Å². The van der Waals surface area contributed by atoms with Crippen LogP contribution in [0.1, 0.15) is 12.5 Å². The summed E-state index contributed by atoms with van der Waals surface area (Å²) in [5.74, 6) is 0. The quantitative estimate of drug-likeness (QED) is 0.734. The Labute approximate surface area is 90.1 Å². The maximum Gasteiger partial charge on any atom is 0.416 e. The Morgan fingerprint density at radius 3 is 2.80 bits per heavy atom. The predicted octanol–water partition coefficient (Wildman–Crippen LogP) is 3.61. The first kappa shape index (κ1) is 10.7. The highest BCUT2D eigenvalue weighted by Gasteiger charge is 2.31. The zero-order chi connectivity index (χ0) is 11.1. The highest BCUT2D eigenvalue weighted by atomic mass is 32.2. The first-order valence-corrected chi connectivity index (χ1v) is 5.46. The molecule has 1 unspecified atom stereocenters. The van der Waals surface area contributed by atoms with E-state index in [2.05, 4.69) is 5.32 Å². The number of rotatable bonds is 0. The van der Waals surface area contributed by atoms with Gasteiger partial charge in [-0.15, -0.1) is 11.8 Å². The molecule has 1 heterocycles. The largest absolute Gasteiger partial charge is 0.416 e. The second-order valence-corrected chi connectivity index (χ2v) is 5.00. The van der Waals surface area contributed by atoms with Crippen LogP contribution in [-0.2, 0) is 6.18 Å². The van der Waals surface area contributed by atoms with Crippen LogP contribution in [0.4, 0.5) is 18.9 Å². The Bertz CT molecular complexity index is 375. The zero-order valence-corrected chi connectivity index (χ0v) is 8.88. The number of thioether (sulfide) groups is 1. The molecule has 1 atom stereocenters. The van der Waals surface area contributed by atoms with E-state index in [0.717, 1.165) is 11.0 Å². The van der Waals surface area contributed by atoms with Gasteiger partial charge in [-0.2, -0.15) is 13.2 Å². The van der Waals surface area contributed by atoms with Crippen molar-refractivity contribution in [2.45, 2.75) is 23.2 Å². The van der Waals surface area contributed by atoms with Gasteiger partial charge in [0, 0.05) is 22.4 Å². The Morgan fingerprint density at radius 1 is 1.40 bits per heavy atom. The number of fused-ring (bicyclic) bond motifs is 1. The first-order chi connectivity index (χ1) is 6.97. The highest BCUT2D eigenvalue weighted by Crippen LogP contribution is 2.39. The molecule has 1 aromatic carbocycles. The maximum atomic E-state index is 12.4. The summed E-state index contributed by atoms with van der Waals surface area (Å²) in [5.41, 5.74) is -0.00294. The van der Waals surface area contributed by atoms with Crippen LogP contribution < -0.4 is 5.32 Å². The van der Waals surface area contributed by atoms with Crippen LogP contribution in [0.15, 0.2) is 23.1 Å². The van der Waals surface area contributed by atoms with Gasteiger partial charge < -0.3 is 5.32 Å². The Balaban J connectivity index is 2.35. The van der Waals surface area contributed by atoms with E-state index in [0.29, 0.717) is 17.5 Å². The van der Waals surface area contributed by atoms with Crippen LogP contribution in [0.25, 0.3) is 0 Å². The Hall–Kier alpha value is -0.840. The van der Waals surface area contributed by atoms with E-state index >= 15 is 0 Å². The van der Waals surface area contributed by atoms with Crippen molar-refractivity contribution in [3.8, 4) is 0 Å². The summed E-state index contributed by atoms with van der Waals surface area (Å²) in [6.45, 7) is 2.75. The summed E-state index contributed by atoms with van der Waals surface area (Å²) in [6.07, 6.45) is -4.26. The molecule has 0 bridgehead atoms. The van der Waals surface area contributed by atoms with Crippen molar-refractivity contribution < 1.29 is 13.2 Å². The van der Waals surface area contributed by atoms with E-state index in [1.54, 1.807) is 11.8 Å². The van der Waals surface area contributed by atoms with Crippen LogP contribution in [0.3, 0.4) is 0 Å². The van der Waals surface area contributed by atoms with Gasteiger partial charge in [0.15, 0.2) is 0 Å². The molecule has 1 N–H and O–H groups in total. The Morgan fingerprint density at radius 2 is 2.13 bits per heavy atom. The summed E-state index contributed by atoms with van der Waals surface area (Å²) < 4.78 is 37.2. The average molecular weight is 233 g/mol. The second kappa shape index (κ2) is 3.63. The van der Waals surface area contributed by atoms with Crippen LogP contribution in [0, 0.1) is 0 Å². The van der Waals surface area contributed by atoms with Crippen molar-refractivity contribution in [3.63, 3.8) is 0 Å². The summed E-state index contributed by atoms with van der Waals surface area (Å²) in [6, 6.07) is 3.84. The minimum atomic E-state index is -4.26. The minimum Gasteiger partial charge on any atom is -0.383 e. The van der Waals surface area contributed by atoms with Gasteiger partial charge in [0.1, 0.15) is 0 Å². The lowest BCUT2D eigenvalue weighted by atomic mass is 10.2. The number of hydrogen-bond donors (Lipinski definition) is 1. The van der Waals surface area contributed by atoms with Gasteiger partial charge in [0.25, 0.3) is 0 Å². The molecular formula is C10H10F3NS. The van der Waals surface area contributed by atoms with E-state index < -0.39 is 11.7 Å². The van der Waals surface area contributed by atoms with Crippen LogP contribution >= 0.6 is 11.8 Å². The van der Waals surface area contributed by atoms with Gasteiger partial charge in [-0.1, -0.05) is 6.92 Å². The van der Waals surface area contributed by atoms with E-state index in [4.69, 9.17) is 0 Å². The van der Waals surface area contributed by atoms with E-state index in [1.165, 1.54) is 12.1 Å². The van der Waals surface area contributed by atoms with Gasteiger partial charge in [-0.25, -0.2) is 0 Å². The molecule has 2 rings (SSSR count). The van der Waals surface area contributed by atoms with Crippen molar-refractivity contribution in [2.24, 2.45) is 0 Å². The standard InChI is InChI=1S/C10H10F3NS/c1-6-5-14-8-4-7(10(11,12)13)2-3-9(8)15-6/h2-4,6,14H,5H2,1H3. The number of nitrogens with one attached hydrogen (secondary N) is 1. The zero-order valence-electron chi connectivity index (χ0n) is 8.06. The lowest BCUT2D eigenvalue weighted by molar-refractivity contribution is -0.137. The van der Waals surface area contributed by atoms with E-state index in [9.17, 15) is 13.2 Å². The van der Waals surface area contributed by atoms with Crippen LogP contribution in [0.5, 0.6) is 0 Å². The fourth-order valence-electron chi connectivity index (χ4n) is 1.46. The molecule has 0 aliphatic carbocycles. The number of hydrogen-bond acceptors (Lipinski definition) is 2. The van der Waals surface area contributed by atoms with Crippen molar-refractivity contribution >= 4 is 17.4 Å². The summed E-state index contributed by atoms with van der Waals surface area (Å²) >= 11 is 1.60. The predicted molar refractivity (Wildman–Crippen MR) is 55.3 cm³/mol. The number of halogens is 3. The van der Waals surface area contributed by atoms with Crippen LogP contribution in [-0.4, -0.2) is 11.8 Å². The summed E-state index contributed by atoms with van der Waals surface area (Å²) in [5, 5.41) is 3.40. The lowest BCUT2D eigenvalue weighted by Gasteiger charge is -2.23. The van der Waals surface area contributed by atoms with Gasteiger partial charge >= 0.3 is 6.18 Å². The number of benzene rings is 1. The van der Waals surface area contributed by atoms with Gasteiger partial charge in [-0.3, -0.25) is 0 Å². The summed E-state index contributed by atoms with van der Waals surface area (Å²) in [4.78, 5) is 0.891. The highest BCUT2D eigenvalue weighted by molar-refractivity contribution is 8.00. The molecule has 1 aliphatic heterocycles. The van der Waals surface area contributed by atoms with Crippen molar-refractivity contribution in [1.82, 2.24) is 0 Å². The molecule has 82 valence electrons. The molecule has 1 aromatic rings. The molecule has 0 fully saturated rings. The van der Waals surface area contributed by atoms with E-state index in [-0.39, 0.29) is 0 Å². The molecule has 1 nitrogen and oxygen atoms in total. The molecule has 0 radical (unpaired) electrons. The van der Waals surface area contributed by atoms with Crippen molar-refractivity contribution in [2.75, 3.05) is 11.9 Å². The van der Waals surface area contributed by atoms with Crippen LogP contribution in [0.2, 0.25) is 0 Å². The smallest absolute Gasteiger partial charge is 0.383 e. The van der Waals surface area contributed by atoms with E-state index in [1.807, 2.05) is 6.92 Å². The molecule has 0 spiro atoms. The average Bonchev–Trinajstić information content (AvgIpc) is 2.15. The molecule has 5 heteroatoms. The minimum absolute atomic E-state index is 0.397. The first-order valence-electron chi connectivity index (χ1n) is 4.58. The molecule has 0 amide bonds.